The van der Waals surface area contributed by atoms with Crippen LogP contribution in [-0.4, -0.2) is 36.5 Å². The number of piperidine rings is 1. The molecule has 31 heavy (non-hydrogen) atoms. The highest BCUT2D eigenvalue weighted by molar-refractivity contribution is 5.89. The van der Waals surface area contributed by atoms with Gasteiger partial charge in [-0.25, -0.2) is 9.18 Å². The first-order valence-corrected chi connectivity index (χ1v) is 10.9. The molecule has 5 nitrogen and oxygen atoms in total. The standard InChI is InChI=1S/C25H29FN2O3/c1-17(19-5-7-20(8-6-19)24(30)31-2)27-23(29)22-15-25(11-12-25)13-14-28(22)16-18-3-9-21(26)10-4-18/h3-10,17,22H,11-16H2,1-2H3,(H,27,29)/t17-,22?/m0/s1. The van der Waals surface area contributed by atoms with E-state index in [9.17, 15) is 14.0 Å². The summed E-state index contributed by atoms with van der Waals surface area (Å²) >= 11 is 0. The van der Waals surface area contributed by atoms with Crippen LogP contribution < -0.4 is 5.32 Å². The fourth-order valence-corrected chi connectivity index (χ4v) is 4.50. The lowest BCUT2D eigenvalue weighted by Crippen LogP contribution is -2.51. The van der Waals surface area contributed by atoms with Crippen molar-refractivity contribution in [2.75, 3.05) is 13.7 Å². The zero-order chi connectivity index (χ0) is 22.0. The molecule has 0 radical (unpaired) electrons. The van der Waals surface area contributed by atoms with Crippen LogP contribution >= 0.6 is 0 Å². The summed E-state index contributed by atoms with van der Waals surface area (Å²) in [6, 6.07) is 13.3. The summed E-state index contributed by atoms with van der Waals surface area (Å²) < 4.78 is 18.0. The number of amides is 1. The smallest absolute Gasteiger partial charge is 0.337 e. The summed E-state index contributed by atoms with van der Waals surface area (Å²) in [5.74, 6) is -0.602. The Bertz CT molecular complexity index is 938. The Labute approximate surface area is 182 Å². The molecule has 1 spiro atoms. The predicted molar refractivity (Wildman–Crippen MR) is 116 cm³/mol. The van der Waals surface area contributed by atoms with Gasteiger partial charge >= 0.3 is 5.97 Å². The molecule has 2 aromatic carbocycles. The van der Waals surface area contributed by atoms with Gasteiger partial charge in [-0.2, -0.15) is 0 Å². The number of methoxy groups -OCH3 is 1. The average Bonchev–Trinajstić information content (AvgIpc) is 3.54. The molecule has 164 valence electrons. The Hall–Kier alpha value is -2.73. The van der Waals surface area contributed by atoms with Crippen molar-refractivity contribution >= 4 is 11.9 Å². The minimum Gasteiger partial charge on any atom is -0.465 e. The number of ether oxygens (including phenoxy) is 1. The summed E-state index contributed by atoms with van der Waals surface area (Å²) in [4.78, 5) is 27.1. The number of likely N-dealkylation sites (tertiary alicyclic amines) is 1. The molecule has 4 rings (SSSR count). The number of rotatable bonds is 6. The van der Waals surface area contributed by atoms with Crippen LogP contribution in [0.3, 0.4) is 0 Å². The van der Waals surface area contributed by atoms with Crippen LogP contribution in [0, 0.1) is 11.2 Å². The summed E-state index contributed by atoms with van der Waals surface area (Å²) in [6.45, 7) is 3.46. The third-order valence-electron chi connectivity index (χ3n) is 6.75. The number of carbonyl (C=O) groups is 2. The van der Waals surface area contributed by atoms with E-state index in [0.717, 1.165) is 30.5 Å². The first-order chi connectivity index (χ1) is 14.9. The zero-order valence-corrected chi connectivity index (χ0v) is 18.1. The number of halogens is 1. The van der Waals surface area contributed by atoms with Crippen molar-refractivity contribution in [2.45, 2.75) is 51.2 Å². The van der Waals surface area contributed by atoms with E-state index in [1.165, 1.54) is 32.1 Å². The van der Waals surface area contributed by atoms with Crippen molar-refractivity contribution in [3.8, 4) is 0 Å². The van der Waals surface area contributed by atoms with Crippen LogP contribution in [0.2, 0.25) is 0 Å². The number of esters is 1. The Kier molecular flexibility index (Phi) is 6.10. The van der Waals surface area contributed by atoms with Crippen LogP contribution in [0.1, 0.15) is 60.1 Å². The summed E-state index contributed by atoms with van der Waals surface area (Å²) in [5, 5.41) is 3.16. The molecule has 1 N–H and O–H groups in total. The molecule has 1 aliphatic heterocycles. The Morgan fingerprint density at radius 3 is 2.42 bits per heavy atom. The maximum atomic E-state index is 13.3. The molecule has 1 saturated carbocycles. The molecule has 1 amide bonds. The number of nitrogens with one attached hydrogen (secondary N) is 1. The van der Waals surface area contributed by atoms with Crippen molar-refractivity contribution in [1.82, 2.24) is 10.2 Å². The largest absolute Gasteiger partial charge is 0.465 e. The van der Waals surface area contributed by atoms with E-state index in [1.54, 1.807) is 24.3 Å². The monoisotopic (exact) mass is 424 g/mol. The predicted octanol–water partition coefficient (Wildman–Crippen LogP) is 4.23. The van der Waals surface area contributed by atoms with E-state index < -0.39 is 0 Å². The minimum absolute atomic E-state index is 0.0256. The fourth-order valence-electron chi connectivity index (χ4n) is 4.50. The van der Waals surface area contributed by atoms with Gasteiger partial charge in [-0.05, 0) is 80.0 Å². The molecule has 1 saturated heterocycles. The van der Waals surface area contributed by atoms with E-state index in [4.69, 9.17) is 4.74 Å². The summed E-state index contributed by atoms with van der Waals surface area (Å²) in [6.07, 6.45) is 4.38. The summed E-state index contributed by atoms with van der Waals surface area (Å²) in [7, 11) is 1.35. The first kappa shape index (κ1) is 21.5. The van der Waals surface area contributed by atoms with Crippen molar-refractivity contribution in [3.63, 3.8) is 0 Å². The van der Waals surface area contributed by atoms with Gasteiger partial charge in [0.1, 0.15) is 5.82 Å². The molecule has 2 fully saturated rings. The summed E-state index contributed by atoms with van der Waals surface area (Å²) in [5.41, 5.74) is 2.76. The van der Waals surface area contributed by atoms with Crippen molar-refractivity contribution < 1.29 is 18.7 Å². The number of hydrogen-bond donors (Lipinski definition) is 1. The Morgan fingerprint density at radius 2 is 1.81 bits per heavy atom. The topological polar surface area (TPSA) is 58.6 Å². The lowest BCUT2D eigenvalue weighted by Gasteiger charge is -2.39. The highest BCUT2D eigenvalue weighted by atomic mass is 19.1. The van der Waals surface area contributed by atoms with E-state index in [0.29, 0.717) is 17.5 Å². The van der Waals surface area contributed by atoms with Crippen LogP contribution in [-0.2, 0) is 16.1 Å². The van der Waals surface area contributed by atoms with Gasteiger partial charge in [0.05, 0.1) is 24.8 Å². The molecule has 1 aliphatic carbocycles. The second-order valence-electron chi connectivity index (χ2n) is 8.91. The second kappa shape index (κ2) is 8.79. The molecule has 0 bridgehead atoms. The van der Waals surface area contributed by atoms with Gasteiger partial charge < -0.3 is 10.1 Å². The van der Waals surface area contributed by atoms with Crippen LogP contribution in [0.5, 0.6) is 0 Å². The second-order valence-corrected chi connectivity index (χ2v) is 8.91. The molecule has 6 heteroatoms. The van der Waals surface area contributed by atoms with Gasteiger partial charge in [0.25, 0.3) is 0 Å². The number of nitrogens with zero attached hydrogens (tertiary/aromatic N) is 1. The number of benzene rings is 2. The van der Waals surface area contributed by atoms with Gasteiger partial charge in [0, 0.05) is 6.54 Å². The zero-order valence-electron chi connectivity index (χ0n) is 18.1. The third-order valence-corrected chi connectivity index (χ3v) is 6.75. The van der Waals surface area contributed by atoms with Crippen molar-refractivity contribution in [2.24, 2.45) is 5.41 Å². The van der Waals surface area contributed by atoms with E-state index in [1.807, 2.05) is 19.1 Å². The average molecular weight is 425 g/mol. The maximum absolute atomic E-state index is 13.3. The fraction of sp³-hybridized carbons (Fsp3) is 0.440. The minimum atomic E-state index is -0.378. The molecule has 0 aromatic heterocycles. The third kappa shape index (κ3) is 4.96. The van der Waals surface area contributed by atoms with Gasteiger partial charge in [0.15, 0.2) is 0 Å². The maximum Gasteiger partial charge on any atom is 0.337 e. The van der Waals surface area contributed by atoms with E-state index in [2.05, 4.69) is 10.2 Å². The molecular formula is C25H29FN2O3. The molecule has 1 unspecified atom stereocenters. The Morgan fingerprint density at radius 1 is 1.13 bits per heavy atom. The lowest BCUT2D eigenvalue weighted by atomic mass is 9.87. The van der Waals surface area contributed by atoms with E-state index in [-0.39, 0.29) is 29.8 Å². The first-order valence-electron chi connectivity index (χ1n) is 10.9. The van der Waals surface area contributed by atoms with E-state index >= 15 is 0 Å². The van der Waals surface area contributed by atoms with Gasteiger partial charge in [0.2, 0.25) is 5.91 Å². The van der Waals surface area contributed by atoms with Crippen LogP contribution in [0.4, 0.5) is 4.39 Å². The molecule has 2 aromatic rings. The van der Waals surface area contributed by atoms with Crippen molar-refractivity contribution in [3.05, 3.63) is 71.0 Å². The lowest BCUT2D eigenvalue weighted by molar-refractivity contribution is -0.129. The normalized spacial score (nSPS) is 20.8. The Balaban J connectivity index is 1.44. The van der Waals surface area contributed by atoms with Crippen LogP contribution in [0.15, 0.2) is 48.5 Å². The molecular weight excluding hydrogens is 395 g/mol. The van der Waals surface area contributed by atoms with Gasteiger partial charge in [-0.3, -0.25) is 9.69 Å². The van der Waals surface area contributed by atoms with Gasteiger partial charge in [-0.1, -0.05) is 24.3 Å². The highest BCUT2D eigenvalue weighted by Gasteiger charge is 2.49. The quantitative estimate of drug-likeness (QED) is 0.705. The molecule has 2 atom stereocenters. The van der Waals surface area contributed by atoms with Gasteiger partial charge in [-0.15, -0.1) is 0 Å². The molecule has 2 aliphatic rings. The van der Waals surface area contributed by atoms with Crippen molar-refractivity contribution in [1.29, 1.82) is 0 Å². The number of hydrogen-bond acceptors (Lipinski definition) is 4. The van der Waals surface area contributed by atoms with Crippen LogP contribution in [0.25, 0.3) is 0 Å². The highest BCUT2D eigenvalue weighted by Crippen LogP contribution is 2.55. The SMILES string of the molecule is COC(=O)c1ccc([C@H](C)NC(=O)C2CC3(CCN2Cc2ccc(F)cc2)CC3)cc1. The molecule has 1 heterocycles. The number of carbonyl (C=O) groups excluding carboxylic acids is 2.